The molecule has 0 aromatic carbocycles. The lowest BCUT2D eigenvalue weighted by atomic mass is 9.95. The molecule has 2 aliphatic rings. The van der Waals surface area contributed by atoms with Crippen molar-refractivity contribution in [2.45, 2.75) is 25.4 Å². The Kier molecular flexibility index (Phi) is 5.47. The van der Waals surface area contributed by atoms with Crippen LogP contribution in [0.2, 0.25) is 0 Å². The van der Waals surface area contributed by atoms with Gasteiger partial charge in [-0.1, -0.05) is 0 Å². The summed E-state index contributed by atoms with van der Waals surface area (Å²) in [7, 11) is 1.31. The monoisotopic (exact) mass is 381 g/mol. The predicted molar refractivity (Wildman–Crippen MR) is 95.1 cm³/mol. The lowest BCUT2D eigenvalue weighted by Crippen LogP contribution is -2.60. The van der Waals surface area contributed by atoms with Crippen LogP contribution in [0.4, 0.5) is 0 Å². The average molecular weight is 381 g/mol. The third-order valence-electron chi connectivity index (χ3n) is 4.90. The van der Waals surface area contributed by atoms with Gasteiger partial charge in [0.05, 0.1) is 25.9 Å². The maximum atomic E-state index is 12.8. The molecule has 3 heterocycles. The van der Waals surface area contributed by atoms with E-state index in [9.17, 15) is 14.4 Å². The largest absolute Gasteiger partial charge is 0.492 e. The molecule has 8 nitrogen and oxygen atoms in total. The molecule has 1 spiro atoms. The van der Waals surface area contributed by atoms with Gasteiger partial charge in [-0.25, -0.2) is 0 Å². The molecule has 0 saturated carbocycles. The lowest BCUT2D eigenvalue weighted by molar-refractivity contribution is -0.149. The number of nitrogens with one attached hydrogen (secondary N) is 1. The third kappa shape index (κ3) is 3.41. The van der Waals surface area contributed by atoms with Gasteiger partial charge < -0.3 is 19.3 Å². The van der Waals surface area contributed by atoms with Gasteiger partial charge in [0.25, 0.3) is 5.91 Å². The second-order valence-corrected chi connectivity index (χ2v) is 7.20. The molecular weight excluding hydrogens is 358 g/mol. The van der Waals surface area contributed by atoms with Crippen LogP contribution in [0, 0.1) is 0 Å². The first kappa shape index (κ1) is 18.7. The molecule has 0 aliphatic carbocycles. The van der Waals surface area contributed by atoms with Crippen LogP contribution in [-0.2, 0) is 14.3 Å². The minimum Gasteiger partial charge on any atom is -0.492 e. The summed E-state index contributed by atoms with van der Waals surface area (Å²) in [5, 5.41) is 5.08. The Bertz CT molecular complexity index is 696. The minimum absolute atomic E-state index is 0.0536. The van der Waals surface area contributed by atoms with Crippen LogP contribution in [0.1, 0.15) is 29.4 Å². The molecule has 142 valence electrons. The van der Waals surface area contributed by atoms with E-state index in [4.69, 9.17) is 9.47 Å². The molecular formula is C17H23N3O5S. The zero-order chi connectivity index (χ0) is 18.7. The van der Waals surface area contributed by atoms with Gasteiger partial charge in [-0.05, 0) is 18.4 Å². The number of hydrogen-bond donors (Lipinski definition) is 1. The van der Waals surface area contributed by atoms with Gasteiger partial charge in [0.1, 0.15) is 17.2 Å². The summed E-state index contributed by atoms with van der Waals surface area (Å²) in [6, 6.07) is 1.81. The molecule has 0 bridgehead atoms. The first-order valence-electron chi connectivity index (χ1n) is 8.62. The Labute approximate surface area is 156 Å². The van der Waals surface area contributed by atoms with E-state index in [1.54, 1.807) is 9.80 Å². The number of piperidine rings is 1. The van der Waals surface area contributed by atoms with Crippen molar-refractivity contribution in [2.75, 3.05) is 39.9 Å². The summed E-state index contributed by atoms with van der Waals surface area (Å²) >= 11 is 1.37. The number of esters is 1. The predicted octanol–water partition coefficient (Wildman–Crippen LogP) is 0.684. The molecule has 0 radical (unpaired) electrons. The maximum Gasteiger partial charge on any atom is 0.325 e. The first-order valence-corrected chi connectivity index (χ1v) is 9.50. The fourth-order valence-electron chi connectivity index (χ4n) is 3.50. The number of hydrogen-bond acceptors (Lipinski definition) is 7. The van der Waals surface area contributed by atoms with Gasteiger partial charge in [-0.3, -0.25) is 19.7 Å². The number of thiophene rings is 1. The Morgan fingerprint density at radius 1 is 1.35 bits per heavy atom. The van der Waals surface area contributed by atoms with E-state index in [0.29, 0.717) is 43.2 Å². The van der Waals surface area contributed by atoms with E-state index in [-0.39, 0.29) is 24.9 Å². The van der Waals surface area contributed by atoms with Crippen molar-refractivity contribution in [3.05, 3.63) is 16.3 Å². The molecule has 0 atom stereocenters. The Hall–Kier alpha value is -2.13. The topological polar surface area (TPSA) is 88.2 Å². The molecule has 2 amide bonds. The Balaban J connectivity index is 1.68. The zero-order valence-corrected chi connectivity index (χ0v) is 15.8. The van der Waals surface area contributed by atoms with E-state index in [0.717, 1.165) is 0 Å². The van der Waals surface area contributed by atoms with Crippen molar-refractivity contribution < 1.29 is 23.9 Å². The van der Waals surface area contributed by atoms with Crippen molar-refractivity contribution in [3.8, 4) is 5.75 Å². The number of nitrogens with zero attached hydrogens (tertiary/aromatic N) is 2. The van der Waals surface area contributed by atoms with Crippen LogP contribution < -0.4 is 10.1 Å². The van der Waals surface area contributed by atoms with Crippen molar-refractivity contribution in [2.24, 2.45) is 0 Å². The summed E-state index contributed by atoms with van der Waals surface area (Å²) in [5.41, 5.74) is -0.583. The number of ether oxygens (including phenoxy) is 2. The lowest BCUT2D eigenvalue weighted by Gasteiger charge is -2.44. The SMILES string of the molecule is CCOc1ccsc1C(=O)N1CCC2(CC1)NCC(=O)N2CC(=O)OC. The molecule has 2 aliphatic heterocycles. The molecule has 0 unspecified atom stereocenters. The highest BCUT2D eigenvalue weighted by atomic mass is 32.1. The molecule has 9 heteroatoms. The van der Waals surface area contributed by atoms with Crippen molar-refractivity contribution in [3.63, 3.8) is 0 Å². The average Bonchev–Trinajstić information content (AvgIpc) is 3.22. The normalized spacial score (nSPS) is 19.1. The van der Waals surface area contributed by atoms with Crippen LogP contribution in [-0.4, -0.2) is 73.1 Å². The number of amides is 2. The number of carbonyl (C=O) groups is 3. The summed E-state index contributed by atoms with van der Waals surface area (Å²) in [5.74, 6) is -0.00152. The molecule has 2 fully saturated rings. The fraction of sp³-hybridized carbons (Fsp3) is 0.588. The highest BCUT2D eigenvalue weighted by Crippen LogP contribution is 2.33. The van der Waals surface area contributed by atoms with Crippen molar-refractivity contribution >= 4 is 29.1 Å². The summed E-state index contributed by atoms with van der Waals surface area (Å²) in [4.78, 5) is 40.6. The molecule has 3 rings (SSSR count). The van der Waals surface area contributed by atoms with Gasteiger partial charge in [0.2, 0.25) is 5.91 Å². The first-order chi connectivity index (χ1) is 12.5. The maximum absolute atomic E-state index is 12.8. The molecule has 1 aromatic rings. The number of likely N-dealkylation sites (tertiary alicyclic amines) is 1. The van der Waals surface area contributed by atoms with E-state index >= 15 is 0 Å². The molecule has 1 aromatic heterocycles. The zero-order valence-electron chi connectivity index (χ0n) is 14.9. The van der Waals surface area contributed by atoms with Crippen LogP contribution in [0.15, 0.2) is 11.4 Å². The van der Waals surface area contributed by atoms with E-state index < -0.39 is 11.6 Å². The highest BCUT2D eigenvalue weighted by Gasteiger charge is 2.48. The molecule has 2 saturated heterocycles. The summed E-state index contributed by atoms with van der Waals surface area (Å²) < 4.78 is 10.2. The van der Waals surface area contributed by atoms with Gasteiger partial charge in [0, 0.05) is 25.9 Å². The Morgan fingerprint density at radius 3 is 2.73 bits per heavy atom. The second kappa shape index (κ2) is 7.63. The fourth-order valence-corrected chi connectivity index (χ4v) is 4.30. The summed E-state index contributed by atoms with van der Waals surface area (Å²) in [6.45, 7) is 3.52. The van der Waals surface area contributed by atoms with E-state index in [2.05, 4.69) is 5.32 Å². The Morgan fingerprint density at radius 2 is 2.08 bits per heavy atom. The van der Waals surface area contributed by atoms with Gasteiger partial charge in [0.15, 0.2) is 0 Å². The molecule has 1 N–H and O–H groups in total. The van der Waals surface area contributed by atoms with Crippen LogP contribution in [0.25, 0.3) is 0 Å². The van der Waals surface area contributed by atoms with Gasteiger partial charge in [-0.2, -0.15) is 0 Å². The number of rotatable bonds is 5. The van der Waals surface area contributed by atoms with E-state index in [1.807, 2.05) is 18.4 Å². The minimum atomic E-state index is -0.583. The number of carbonyl (C=O) groups excluding carboxylic acids is 3. The summed E-state index contributed by atoms with van der Waals surface area (Å²) in [6.07, 6.45) is 1.13. The quantitative estimate of drug-likeness (QED) is 0.755. The third-order valence-corrected chi connectivity index (χ3v) is 5.79. The highest BCUT2D eigenvalue weighted by molar-refractivity contribution is 7.12. The van der Waals surface area contributed by atoms with Crippen molar-refractivity contribution in [1.82, 2.24) is 15.1 Å². The van der Waals surface area contributed by atoms with Crippen LogP contribution in [0.5, 0.6) is 5.75 Å². The van der Waals surface area contributed by atoms with E-state index in [1.165, 1.54) is 18.4 Å². The van der Waals surface area contributed by atoms with Crippen LogP contribution in [0.3, 0.4) is 0 Å². The van der Waals surface area contributed by atoms with Crippen molar-refractivity contribution in [1.29, 1.82) is 0 Å². The standard InChI is InChI=1S/C17H23N3O5S/c1-3-25-12-4-9-26-15(12)16(23)19-7-5-17(6-8-19)18-10-13(21)20(17)11-14(22)24-2/h4,9,18H,3,5-8,10-11H2,1-2H3. The molecule has 26 heavy (non-hydrogen) atoms. The van der Waals surface area contributed by atoms with Gasteiger partial charge >= 0.3 is 5.97 Å². The smallest absolute Gasteiger partial charge is 0.325 e. The number of methoxy groups -OCH3 is 1. The van der Waals surface area contributed by atoms with Gasteiger partial charge in [-0.15, -0.1) is 11.3 Å². The second-order valence-electron chi connectivity index (χ2n) is 6.28. The van der Waals surface area contributed by atoms with Crippen LogP contribution >= 0.6 is 11.3 Å².